The predicted octanol–water partition coefficient (Wildman–Crippen LogP) is 1.18. The zero-order chi connectivity index (χ0) is 9.80. The zero-order valence-corrected chi connectivity index (χ0v) is 9.00. The minimum absolute atomic E-state index is 0.387. The lowest BCUT2D eigenvalue weighted by Crippen LogP contribution is -2.38. The van der Waals surface area contributed by atoms with E-state index < -0.39 is 0 Å². The first kappa shape index (κ1) is 10.4. The van der Waals surface area contributed by atoms with E-state index in [1.807, 2.05) is 7.05 Å². The molecule has 2 fully saturated rings. The Morgan fingerprint density at radius 1 is 1.43 bits per heavy atom. The summed E-state index contributed by atoms with van der Waals surface area (Å²) in [6.45, 7) is 2.89. The topological polar surface area (TPSA) is 30.5 Å². The van der Waals surface area contributed by atoms with E-state index in [-0.39, 0.29) is 0 Å². The van der Waals surface area contributed by atoms with E-state index in [0.717, 1.165) is 25.7 Å². The first-order chi connectivity index (χ1) is 6.88. The van der Waals surface area contributed by atoms with E-state index in [4.69, 9.17) is 9.47 Å². The summed E-state index contributed by atoms with van der Waals surface area (Å²) in [5.41, 5.74) is 0. The second-order valence-electron chi connectivity index (χ2n) is 4.49. The van der Waals surface area contributed by atoms with E-state index >= 15 is 0 Å². The molecule has 0 bridgehead atoms. The molecule has 1 saturated carbocycles. The maximum absolute atomic E-state index is 5.79. The van der Waals surface area contributed by atoms with Crippen molar-refractivity contribution in [3.8, 4) is 0 Å². The number of rotatable bonds is 5. The Morgan fingerprint density at radius 3 is 2.93 bits per heavy atom. The highest BCUT2D eigenvalue weighted by molar-refractivity contribution is 4.81. The lowest BCUT2D eigenvalue weighted by Gasteiger charge is -2.35. The van der Waals surface area contributed by atoms with E-state index in [1.54, 1.807) is 0 Å². The van der Waals surface area contributed by atoms with Gasteiger partial charge in [-0.05, 0) is 45.2 Å². The van der Waals surface area contributed by atoms with Crippen LogP contribution in [0.3, 0.4) is 0 Å². The fourth-order valence-corrected chi connectivity index (χ4v) is 2.29. The van der Waals surface area contributed by atoms with Gasteiger partial charge in [-0.25, -0.2) is 0 Å². The summed E-state index contributed by atoms with van der Waals surface area (Å²) in [5, 5.41) is 3.21. The Labute approximate surface area is 86.2 Å². The molecule has 0 spiro atoms. The summed E-state index contributed by atoms with van der Waals surface area (Å²) < 4.78 is 11.3. The van der Waals surface area contributed by atoms with Gasteiger partial charge in [0.05, 0.1) is 18.8 Å². The molecule has 1 saturated heterocycles. The highest BCUT2D eigenvalue weighted by Crippen LogP contribution is 2.29. The summed E-state index contributed by atoms with van der Waals surface area (Å²) >= 11 is 0. The Morgan fingerprint density at radius 2 is 2.29 bits per heavy atom. The van der Waals surface area contributed by atoms with Crippen molar-refractivity contribution in [2.45, 2.75) is 37.9 Å². The van der Waals surface area contributed by atoms with E-state index in [0.29, 0.717) is 12.2 Å². The van der Waals surface area contributed by atoms with E-state index in [9.17, 15) is 0 Å². The van der Waals surface area contributed by atoms with Crippen molar-refractivity contribution in [1.82, 2.24) is 5.32 Å². The molecule has 3 nitrogen and oxygen atoms in total. The smallest absolute Gasteiger partial charge is 0.0809 e. The molecule has 1 atom stereocenters. The van der Waals surface area contributed by atoms with Crippen molar-refractivity contribution in [3.05, 3.63) is 0 Å². The minimum atomic E-state index is 0.387. The first-order valence-electron chi connectivity index (χ1n) is 5.76. The van der Waals surface area contributed by atoms with E-state index in [1.165, 1.54) is 25.7 Å². The van der Waals surface area contributed by atoms with Crippen LogP contribution in [0.1, 0.15) is 25.7 Å². The molecule has 0 amide bonds. The van der Waals surface area contributed by atoms with Gasteiger partial charge in [0.15, 0.2) is 0 Å². The van der Waals surface area contributed by atoms with Crippen LogP contribution in [0.15, 0.2) is 0 Å². The standard InChI is InChI=1S/C11H21NO2/c1-12-7-9-5-11(6-9)14-8-10-3-2-4-13-10/h9-12H,2-8H2,1H3. The van der Waals surface area contributed by atoms with Crippen LogP contribution in [0.2, 0.25) is 0 Å². The van der Waals surface area contributed by atoms with Crippen LogP contribution < -0.4 is 5.32 Å². The zero-order valence-electron chi connectivity index (χ0n) is 9.00. The van der Waals surface area contributed by atoms with Gasteiger partial charge in [0.25, 0.3) is 0 Å². The van der Waals surface area contributed by atoms with Crippen LogP contribution in [0.4, 0.5) is 0 Å². The van der Waals surface area contributed by atoms with Gasteiger partial charge in [0.2, 0.25) is 0 Å². The molecule has 2 aliphatic rings. The fourth-order valence-electron chi connectivity index (χ4n) is 2.29. The van der Waals surface area contributed by atoms with Gasteiger partial charge in [0.1, 0.15) is 0 Å². The molecule has 3 heteroatoms. The van der Waals surface area contributed by atoms with Gasteiger partial charge in [-0.1, -0.05) is 0 Å². The van der Waals surface area contributed by atoms with Crippen molar-refractivity contribution in [1.29, 1.82) is 0 Å². The molecule has 1 aliphatic carbocycles. The Hall–Kier alpha value is -0.120. The van der Waals surface area contributed by atoms with Gasteiger partial charge < -0.3 is 14.8 Å². The largest absolute Gasteiger partial charge is 0.376 e. The molecule has 14 heavy (non-hydrogen) atoms. The van der Waals surface area contributed by atoms with Crippen LogP contribution in [0, 0.1) is 5.92 Å². The maximum atomic E-state index is 5.79. The maximum Gasteiger partial charge on any atom is 0.0809 e. The highest BCUT2D eigenvalue weighted by Gasteiger charge is 2.30. The van der Waals surface area contributed by atoms with Gasteiger partial charge >= 0.3 is 0 Å². The molecule has 0 aromatic heterocycles. The van der Waals surface area contributed by atoms with Crippen molar-refractivity contribution >= 4 is 0 Å². The van der Waals surface area contributed by atoms with Crippen LogP contribution in [0.5, 0.6) is 0 Å². The summed E-state index contributed by atoms with van der Waals surface area (Å²) in [5.74, 6) is 0.842. The van der Waals surface area contributed by atoms with Gasteiger partial charge in [-0.15, -0.1) is 0 Å². The van der Waals surface area contributed by atoms with E-state index in [2.05, 4.69) is 5.32 Å². The monoisotopic (exact) mass is 199 g/mol. The van der Waals surface area contributed by atoms with Crippen molar-refractivity contribution < 1.29 is 9.47 Å². The molecular weight excluding hydrogens is 178 g/mol. The quantitative estimate of drug-likeness (QED) is 0.721. The third-order valence-corrected chi connectivity index (χ3v) is 3.23. The molecular formula is C11H21NO2. The van der Waals surface area contributed by atoms with Crippen LogP contribution in [-0.2, 0) is 9.47 Å². The Balaban J connectivity index is 1.51. The molecule has 0 radical (unpaired) electrons. The number of nitrogens with one attached hydrogen (secondary N) is 1. The minimum Gasteiger partial charge on any atom is -0.376 e. The normalized spacial score (nSPS) is 37.1. The first-order valence-corrected chi connectivity index (χ1v) is 5.76. The lowest BCUT2D eigenvalue weighted by atomic mass is 9.82. The second-order valence-corrected chi connectivity index (χ2v) is 4.49. The molecule has 82 valence electrons. The summed E-state index contributed by atoms with van der Waals surface area (Å²) in [6.07, 6.45) is 5.75. The van der Waals surface area contributed by atoms with Crippen molar-refractivity contribution in [2.75, 3.05) is 26.8 Å². The highest BCUT2D eigenvalue weighted by atomic mass is 16.5. The van der Waals surface area contributed by atoms with Gasteiger partial charge in [-0.2, -0.15) is 0 Å². The molecule has 1 aliphatic heterocycles. The SMILES string of the molecule is CNCC1CC(OCC2CCCO2)C1. The summed E-state index contributed by atoms with van der Waals surface area (Å²) in [4.78, 5) is 0. The second kappa shape index (κ2) is 5.10. The van der Waals surface area contributed by atoms with Gasteiger partial charge in [-0.3, -0.25) is 0 Å². The molecule has 1 N–H and O–H groups in total. The van der Waals surface area contributed by atoms with Gasteiger partial charge in [0, 0.05) is 6.61 Å². The number of ether oxygens (including phenoxy) is 2. The molecule has 2 rings (SSSR count). The lowest BCUT2D eigenvalue weighted by molar-refractivity contribution is -0.0681. The average Bonchev–Trinajstić information content (AvgIpc) is 2.61. The van der Waals surface area contributed by atoms with Crippen molar-refractivity contribution in [2.24, 2.45) is 5.92 Å². The average molecular weight is 199 g/mol. The number of hydrogen-bond acceptors (Lipinski definition) is 3. The summed E-state index contributed by atoms with van der Waals surface area (Å²) in [7, 11) is 2.01. The molecule has 1 unspecified atom stereocenters. The van der Waals surface area contributed by atoms with Crippen LogP contribution >= 0.6 is 0 Å². The molecule has 0 aromatic rings. The molecule has 0 aromatic carbocycles. The Kier molecular flexibility index (Phi) is 3.79. The third kappa shape index (κ3) is 2.69. The number of hydrogen-bond donors (Lipinski definition) is 1. The summed E-state index contributed by atoms with van der Waals surface area (Å²) in [6, 6.07) is 0. The molecule has 1 heterocycles. The fraction of sp³-hybridized carbons (Fsp3) is 1.00. The van der Waals surface area contributed by atoms with Crippen LogP contribution in [-0.4, -0.2) is 39.0 Å². The predicted molar refractivity (Wildman–Crippen MR) is 55.4 cm³/mol. The third-order valence-electron chi connectivity index (χ3n) is 3.23. The van der Waals surface area contributed by atoms with Crippen molar-refractivity contribution in [3.63, 3.8) is 0 Å². The van der Waals surface area contributed by atoms with Crippen LogP contribution in [0.25, 0.3) is 0 Å². The Bertz CT molecular complexity index is 163.